The summed E-state index contributed by atoms with van der Waals surface area (Å²) in [7, 11) is 0. The van der Waals surface area contributed by atoms with Gasteiger partial charge in [-0.3, -0.25) is 0 Å². The predicted molar refractivity (Wildman–Crippen MR) is 86.0 cm³/mol. The zero-order chi connectivity index (χ0) is 15.9. The van der Waals surface area contributed by atoms with Crippen LogP contribution in [0.15, 0.2) is 18.2 Å². The summed E-state index contributed by atoms with van der Waals surface area (Å²) in [6.07, 6.45) is 0.259. The van der Waals surface area contributed by atoms with E-state index in [1.807, 2.05) is 25.1 Å². The van der Waals surface area contributed by atoms with Crippen LogP contribution in [0.5, 0.6) is 11.5 Å². The molecule has 4 heteroatoms. The second-order valence-corrected chi connectivity index (χ2v) is 6.30. The van der Waals surface area contributed by atoms with Crippen molar-refractivity contribution < 1.29 is 14.6 Å². The van der Waals surface area contributed by atoms with Crippen LogP contribution < -0.4 is 14.8 Å². The van der Waals surface area contributed by atoms with Crippen molar-refractivity contribution in [3.8, 4) is 11.5 Å². The van der Waals surface area contributed by atoms with E-state index in [0.29, 0.717) is 19.6 Å². The molecule has 0 aromatic heterocycles. The maximum absolute atomic E-state index is 9.27. The van der Waals surface area contributed by atoms with Gasteiger partial charge in [0.05, 0.1) is 19.3 Å². The van der Waals surface area contributed by atoms with E-state index in [1.165, 1.54) is 0 Å². The lowest BCUT2D eigenvalue weighted by Crippen LogP contribution is -2.35. The maximum atomic E-state index is 9.27. The number of aliphatic hydroxyl groups is 1. The first-order valence-corrected chi connectivity index (χ1v) is 7.63. The number of aliphatic hydroxyl groups excluding tert-OH is 1. The van der Waals surface area contributed by atoms with E-state index in [1.54, 1.807) is 6.92 Å². The van der Waals surface area contributed by atoms with Gasteiger partial charge in [0, 0.05) is 18.5 Å². The molecule has 1 atom stereocenters. The molecule has 0 aliphatic rings. The standard InChI is InChI=1S/C17H29NO3/c1-6-20-16-11-14(12-18-17(3,4)5)7-8-15(16)21-10-9-13(2)19/h7-8,11,13,18-19H,6,9-10,12H2,1-5H3. The fourth-order valence-electron chi connectivity index (χ4n) is 1.76. The van der Waals surface area contributed by atoms with Crippen LogP contribution in [-0.2, 0) is 6.54 Å². The van der Waals surface area contributed by atoms with Gasteiger partial charge in [0.2, 0.25) is 0 Å². The lowest BCUT2D eigenvalue weighted by atomic mass is 10.1. The molecule has 0 aliphatic carbocycles. The van der Waals surface area contributed by atoms with Crippen LogP contribution in [-0.4, -0.2) is 30.0 Å². The first kappa shape index (κ1) is 17.8. The Morgan fingerprint density at radius 2 is 1.90 bits per heavy atom. The molecule has 0 spiro atoms. The molecule has 0 bridgehead atoms. The largest absolute Gasteiger partial charge is 0.490 e. The Balaban J connectivity index is 2.71. The van der Waals surface area contributed by atoms with Crippen molar-refractivity contribution in [2.75, 3.05) is 13.2 Å². The number of nitrogens with one attached hydrogen (secondary N) is 1. The van der Waals surface area contributed by atoms with Crippen LogP contribution in [0.4, 0.5) is 0 Å². The summed E-state index contributed by atoms with van der Waals surface area (Å²) in [6.45, 7) is 12.0. The van der Waals surface area contributed by atoms with E-state index in [-0.39, 0.29) is 11.6 Å². The van der Waals surface area contributed by atoms with Gasteiger partial charge in [0.25, 0.3) is 0 Å². The van der Waals surface area contributed by atoms with Gasteiger partial charge in [-0.1, -0.05) is 6.07 Å². The molecule has 1 aromatic carbocycles. The highest BCUT2D eigenvalue weighted by atomic mass is 16.5. The average molecular weight is 295 g/mol. The summed E-state index contributed by atoms with van der Waals surface area (Å²) in [5.74, 6) is 1.49. The van der Waals surface area contributed by atoms with Crippen LogP contribution >= 0.6 is 0 Å². The summed E-state index contributed by atoms with van der Waals surface area (Å²) in [4.78, 5) is 0. The van der Waals surface area contributed by atoms with Gasteiger partial charge in [-0.05, 0) is 52.3 Å². The molecule has 0 heterocycles. The minimum atomic E-state index is -0.351. The van der Waals surface area contributed by atoms with Crippen LogP contribution in [0.3, 0.4) is 0 Å². The van der Waals surface area contributed by atoms with Gasteiger partial charge in [-0.25, -0.2) is 0 Å². The normalized spacial score (nSPS) is 13.0. The summed E-state index contributed by atoms with van der Waals surface area (Å²) in [6, 6.07) is 5.99. The molecule has 0 amide bonds. The topological polar surface area (TPSA) is 50.7 Å². The number of benzene rings is 1. The lowest BCUT2D eigenvalue weighted by Gasteiger charge is -2.21. The molecule has 2 N–H and O–H groups in total. The summed E-state index contributed by atoms with van der Waals surface area (Å²) >= 11 is 0. The molecule has 120 valence electrons. The van der Waals surface area contributed by atoms with Crippen molar-refractivity contribution in [2.45, 2.75) is 59.2 Å². The highest BCUT2D eigenvalue weighted by Crippen LogP contribution is 2.29. The smallest absolute Gasteiger partial charge is 0.161 e. The molecule has 0 saturated heterocycles. The van der Waals surface area contributed by atoms with Crippen LogP contribution in [0, 0.1) is 0 Å². The molecule has 0 aliphatic heterocycles. The number of hydrogen-bond donors (Lipinski definition) is 2. The first-order chi connectivity index (χ1) is 9.81. The summed E-state index contributed by atoms with van der Waals surface area (Å²) in [5.41, 5.74) is 1.24. The molecule has 21 heavy (non-hydrogen) atoms. The predicted octanol–water partition coefficient (Wildman–Crippen LogP) is 3.12. The fraction of sp³-hybridized carbons (Fsp3) is 0.647. The van der Waals surface area contributed by atoms with E-state index in [4.69, 9.17) is 9.47 Å². The summed E-state index contributed by atoms with van der Waals surface area (Å²) in [5, 5.41) is 12.7. The molecule has 0 fully saturated rings. The second-order valence-electron chi connectivity index (χ2n) is 6.30. The van der Waals surface area contributed by atoms with Gasteiger partial charge >= 0.3 is 0 Å². The van der Waals surface area contributed by atoms with Gasteiger partial charge in [0.15, 0.2) is 11.5 Å². The molecule has 0 radical (unpaired) electrons. The lowest BCUT2D eigenvalue weighted by molar-refractivity contribution is 0.153. The third-order valence-corrected chi connectivity index (χ3v) is 2.92. The Kier molecular flexibility index (Phi) is 6.99. The van der Waals surface area contributed by atoms with Crippen molar-refractivity contribution in [2.24, 2.45) is 0 Å². The third-order valence-electron chi connectivity index (χ3n) is 2.92. The zero-order valence-corrected chi connectivity index (χ0v) is 13.9. The van der Waals surface area contributed by atoms with Gasteiger partial charge in [-0.15, -0.1) is 0 Å². The zero-order valence-electron chi connectivity index (χ0n) is 13.9. The quantitative estimate of drug-likeness (QED) is 0.773. The molecule has 1 rings (SSSR count). The van der Waals surface area contributed by atoms with E-state index >= 15 is 0 Å². The molecule has 4 nitrogen and oxygen atoms in total. The average Bonchev–Trinajstić information content (AvgIpc) is 2.37. The van der Waals surface area contributed by atoms with E-state index in [2.05, 4.69) is 26.1 Å². The Hall–Kier alpha value is -1.26. The molecular weight excluding hydrogens is 266 g/mol. The number of ether oxygens (including phenoxy) is 2. The highest BCUT2D eigenvalue weighted by Gasteiger charge is 2.11. The second kappa shape index (κ2) is 8.25. The SMILES string of the molecule is CCOc1cc(CNC(C)(C)C)ccc1OCCC(C)O. The fourth-order valence-corrected chi connectivity index (χ4v) is 1.76. The molecule has 1 unspecified atom stereocenters. The summed E-state index contributed by atoms with van der Waals surface area (Å²) < 4.78 is 11.3. The van der Waals surface area contributed by atoms with E-state index in [9.17, 15) is 5.11 Å². The first-order valence-electron chi connectivity index (χ1n) is 7.63. The molecule has 1 aromatic rings. The van der Waals surface area contributed by atoms with Gasteiger partial charge < -0.3 is 19.9 Å². The van der Waals surface area contributed by atoms with Gasteiger partial charge in [-0.2, -0.15) is 0 Å². The number of hydrogen-bond acceptors (Lipinski definition) is 4. The van der Waals surface area contributed by atoms with E-state index in [0.717, 1.165) is 23.6 Å². The van der Waals surface area contributed by atoms with Crippen molar-refractivity contribution in [3.63, 3.8) is 0 Å². The van der Waals surface area contributed by atoms with Crippen molar-refractivity contribution in [1.82, 2.24) is 5.32 Å². The Bertz CT molecular complexity index is 425. The van der Waals surface area contributed by atoms with E-state index < -0.39 is 0 Å². The van der Waals surface area contributed by atoms with Crippen molar-refractivity contribution >= 4 is 0 Å². The third kappa shape index (κ3) is 7.34. The Morgan fingerprint density at radius 1 is 1.19 bits per heavy atom. The minimum Gasteiger partial charge on any atom is -0.490 e. The van der Waals surface area contributed by atoms with Crippen molar-refractivity contribution in [1.29, 1.82) is 0 Å². The molecule has 0 saturated carbocycles. The maximum Gasteiger partial charge on any atom is 0.161 e. The Morgan fingerprint density at radius 3 is 2.48 bits per heavy atom. The molecular formula is C17H29NO3. The van der Waals surface area contributed by atoms with Crippen LogP contribution in [0.2, 0.25) is 0 Å². The van der Waals surface area contributed by atoms with Crippen LogP contribution in [0.25, 0.3) is 0 Å². The minimum absolute atomic E-state index is 0.0816. The van der Waals surface area contributed by atoms with Gasteiger partial charge in [0.1, 0.15) is 0 Å². The highest BCUT2D eigenvalue weighted by molar-refractivity contribution is 5.43. The Labute approximate surface area is 128 Å². The number of rotatable bonds is 8. The van der Waals surface area contributed by atoms with Crippen LogP contribution in [0.1, 0.15) is 46.6 Å². The monoisotopic (exact) mass is 295 g/mol. The van der Waals surface area contributed by atoms with Crippen molar-refractivity contribution in [3.05, 3.63) is 23.8 Å².